The monoisotopic (exact) mass is 398 g/mol. The van der Waals surface area contributed by atoms with Crippen molar-refractivity contribution in [1.82, 2.24) is 9.80 Å². The van der Waals surface area contributed by atoms with Crippen LogP contribution in [0, 0.1) is 5.92 Å². The first kappa shape index (κ1) is 21.4. The molecule has 2 amide bonds. The Kier molecular flexibility index (Phi) is 7.34. The zero-order valence-corrected chi connectivity index (χ0v) is 18.1. The third-order valence-electron chi connectivity index (χ3n) is 5.93. The largest absolute Gasteiger partial charge is 0.494 e. The van der Waals surface area contributed by atoms with E-state index in [2.05, 4.69) is 18.7 Å². The van der Waals surface area contributed by atoms with Crippen LogP contribution in [-0.4, -0.2) is 47.9 Å². The Hall–Kier alpha value is -2.30. The molecule has 0 aliphatic carbocycles. The Morgan fingerprint density at radius 3 is 2.28 bits per heavy atom. The standard InChI is InChI=1S/C24H34N2O3/c1-4-6-7-8-15-26-23(27)21(19-9-11-20(12-10-19)29-5-2)22(24(26)28)25-16-13-18(3)14-17-25/h9-12,18H,4-8,13-17H2,1-3H3. The molecule has 0 saturated carbocycles. The normalized spacial score (nSPS) is 18.2. The van der Waals surface area contributed by atoms with Crippen LogP contribution in [0.2, 0.25) is 0 Å². The predicted octanol–water partition coefficient (Wildman–Crippen LogP) is 4.48. The zero-order chi connectivity index (χ0) is 20.8. The number of carbonyl (C=O) groups is 2. The van der Waals surface area contributed by atoms with Crippen molar-refractivity contribution in [2.75, 3.05) is 26.2 Å². The lowest BCUT2D eigenvalue weighted by Gasteiger charge is -2.32. The number of rotatable bonds is 9. The fourth-order valence-electron chi connectivity index (χ4n) is 4.13. The average molecular weight is 399 g/mol. The summed E-state index contributed by atoms with van der Waals surface area (Å²) in [7, 11) is 0. The quantitative estimate of drug-likeness (QED) is 0.455. The van der Waals surface area contributed by atoms with Crippen molar-refractivity contribution in [3.8, 4) is 5.75 Å². The van der Waals surface area contributed by atoms with Gasteiger partial charge in [0.1, 0.15) is 11.4 Å². The molecule has 0 radical (unpaired) electrons. The van der Waals surface area contributed by atoms with Gasteiger partial charge >= 0.3 is 0 Å². The van der Waals surface area contributed by atoms with E-state index in [1.165, 1.54) is 4.90 Å². The minimum Gasteiger partial charge on any atom is -0.494 e. The van der Waals surface area contributed by atoms with E-state index in [9.17, 15) is 9.59 Å². The molecule has 0 spiro atoms. The number of ether oxygens (including phenoxy) is 1. The van der Waals surface area contributed by atoms with E-state index < -0.39 is 0 Å². The highest BCUT2D eigenvalue weighted by atomic mass is 16.5. The lowest BCUT2D eigenvalue weighted by atomic mass is 9.97. The molecule has 0 N–H and O–H groups in total. The molecule has 5 nitrogen and oxygen atoms in total. The van der Waals surface area contributed by atoms with Crippen molar-refractivity contribution in [3.63, 3.8) is 0 Å². The van der Waals surface area contributed by atoms with Crippen molar-refractivity contribution in [2.45, 2.75) is 59.3 Å². The Morgan fingerprint density at radius 1 is 0.966 bits per heavy atom. The molecule has 2 aliphatic heterocycles. The summed E-state index contributed by atoms with van der Waals surface area (Å²) < 4.78 is 5.53. The first-order valence-corrected chi connectivity index (χ1v) is 11.1. The molecule has 0 atom stereocenters. The van der Waals surface area contributed by atoms with Crippen molar-refractivity contribution < 1.29 is 14.3 Å². The molecule has 1 aromatic rings. The summed E-state index contributed by atoms with van der Waals surface area (Å²) in [4.78, 5) is 30.2. The van der Waals surface area contributed by atoms with Gasteiger partial charge < -0.3 is 9.64 Å². The Balaban J connectivity index is 1.89. The van der Waals surface area contributed by atoms with Crippen molar-refractivity contribution in [2.24, 2.45) is 5.92 Å². The number of hydrogen-bond acceptors (Lipinski definition) is 4. The SMILES string of the molecule is CCCCCCN1C(=O)C(c2ccc(OCC)cc2)=C(N2CCC(C)CC2)C1=O. The van der Waals surface area contributed by atoms with E-state index in [-0.39, 0.29) is 11.8 Å². The van der Waals surface area contributed by atoms with E-state index in [4.69, 9.17) is 4.74 Å². The van der Waals surface area contributed by atoms with Gasteiger partial charge in [0.05, 0.1) is 12.2 Å². The summed E-state index contributed by atoms with van der Waals surface area (Å²) >= 11 is 0. The second kappa shape index (κ2) is 9.95. The minimum atomic E-state index is -0.149. The van der Waals surface area contributed by atoms with Crippen LogP contribution < -0.4 is 4.74 Å². The third kappa shape index (κ3) is 4.82. The predicted molar refractivity (Wildman–Crippen MR) is 115 cm³/mol. The highest BCUT2D eigenvalue weighted by Crippen LogP contribution is 2.34. The molecule has 2 aliphatic rings. The van der Waals surface area contributed by atoms with Crippen LogP contribution in [0.5, 0.6) is 5.75 Å². The van der Waals surface area contributed by atoms with Crippen LogP contribution in [0.3, 0.4) is 0 Å². The third-order valence-corrected chi connectivity index (χ3v) is 5.93. The summed E-state index contributed by atoms with van der Waals surface area (Å²) in [5, 5.41) is 0. The number of carbonyl (C=O) groups excluding carboxylic acids is 2. The maximum Gasteiger partial charge on any atom is 0.277 e. The first-order chi connectivity index (χ1) is 14.1. The molecule has 158 valence electrons. The number of likely N-dealkylation sites (tertiary alicyclic amines) is 1. The number of unbranched alkanes of at least 4 members (excludes halogenated alkanes) is 3. The summed E-state index contributed by atoms with van der Waals surface area (Å²) in [5.41, 5.74) is 1.96. The minimum absolute atomic E-state index is 0.120. The van der Waals surface area contributed by atoms with Crippen molar-refractivity contribution >= 4 is 17.4 Å². The smallest absolute Gasteiger partial charge is 0.277 e. The van der Waals surface area contributed by atoms with Gasteiger partial charge in [0.2, 0.25) is 0 Å². The number of piperidine rings is 1. The lowest BCUT2D eigenvalue weighted by Crippen LogP contribution is -2.38. The van der Waals surface area contributed by atoms with Crippen molar-refractivity contribution in [3.05, 3.63) is 35.5 Å². The van der Waals surface area contributed by atoms with Gasteiger partial charge in [0.25, 0.3) is 11.8 Å². The van der Waals surface area contributed by atoms with Gasteiger partial charge in [-0.15, -0.1) is 0 Å². The highest BCUT2D eigenvalue weighted by molar-refractivity contribution is 6.35. The maximum atomic E-state index is 13.3. The number of hydrogen-bond donors (Lipinski definition) is 0. The Labute approximate surface area is 174 Å². The van der Waals surface area contributed by atoms with E-state index in [1.54, 1.807) is 0 Å². The summed E-state index contributed by atoms with van der Waals surface area (Å²) in [6.45, 7) is 9.13. The molecule has 1 aromatic carbocycles. The first-order valence-electron chi connectivity index (χ1n) is 11.1. The molecule has 0 aromatic heterocycles. The number of benzene rings is 1. The van der Waals surface area contributed by atoms with Crippen LogP contribution in [-0.2, 0) is 9.59 Å². The molecule has 1 saturated heterocycles. The van der Waals surface area contributed by atoms with Gasteiger partial charge in [-0.2, -0.15) is 0 Å². The van der Waals surface area contributed by atoms with Gasteiger partial charge in [0.15, 0.2) is 0 Å². The Morgan fingerprint density at radius 2 is 1.66 bits per heavy atom. The van der Waals surface area contributed by atoms with Crippen LogP contribution >= 0.6 is 0 Å². The van der Waals surface area contributed by atoms with Gasteiger partial charge in [-0.1, -0.05) is 45.2 Å². The molecule has 0 unspecified atom stereocenters. The van der Waals surface area contributed by atoms with Crippen LogP contribution in [0.15, 0.2) is 30.0 Å². The van der Waals surface area contributed by atoms with Gasteiger partial charge in [-0.25, -0.2) is 0 Å². The second-order valence-corrected chi connectivity index (χ2v) is 8.17. The van der Waals surface area contributed by atoms with E-state index in [1.807, 2.05) is 31.2 Å². The fraction of sp³-hybridized carbons (Fsp3) is 0.583. The number of nitrogens with zero attached hydrogens (tertiary/aromatic N) is 2. The highest BCUT2D eigenvalue weighted by Gasteiger charge is 2.41. The van der Waals surface area contributed by atoms with E-state index in [0.29, 0.717) is 30.3 Å². The zero-order valence-electron chi connectivity index (χ0n) is 18.1. The van der Waals surface area contributed by atoms with Crippen LogP contribution in [0.1, 0.15) is 64.9 Å². The Bertz CT molecular complexity index is 746. The molecule has 0 bridgehead atoms. The molecule has 2 heterocycles. The number of amides is 2. The van der Waals surface area contributed by atoms with Crippen LogP contribution in [0.25, 0.3) is 5.57 Å². The topological polar surface area (TPSA) is 49.9 Å². The number of imide groups is 1. The molecular weight excluding hydrogens is 364 g/mol. The van der Waals surface area contributed by atoms with Gasteiger partial charge in [-0.05, 0) is 49.8 Å². The van der Waals surface area contributed by atoms with Gasteiger partial charge in [-0.3, -0.25) is 14.5 Å². The summed E-state index contributed by atoms with van der Waals surface area (Å²) in [5.74, 6) is 1.17. The van der Waals surface area contributed by atoms with Crippen molar-refractivity contribution in [1.29, 1.82) is 0 Å². The van der Waals surface area contributed by atoms with E-state index >= 15 is 0 Å². The molecule has 3 rings (SSSR count). The molecule has 1 fully saturated rings. The summed E-state index contributed by atoms with van der Waals surface area (Å²) in [6, 6.07) is 7.56. The lowest BCUT2D eigenvalue weighted by molar-refractivity contribution is -0.137. The fourth-order valence-corrected chi connectivity index (χ4v) is 4.13. The van der Waals surface area contributed by atoms with E-state index in [0.717, 1.165) is 62.9 Å². The molecule has 5 heteroatoms. The van der Waals surface area contributed by atoms with Gasteiger partial charge in [0, 0.05) is 19.6 Å². The second-order valence-electron chi connectivity index (χ2n) is 8.17. The van der Waals surface area contributed by atoms with Crippen LogP contribution in [0.4, 0.5) is 0 Å². The summed E-state index contributed by atoms with van der Waals surface area (Å²) in [6.07, 6.45) is 6.28. The molecular formula is C24H34N2O3. The maximum absolute atomic E-state index is 13.3. The average Bonchev–Trinajstić information content (AvgIpc) is 2.97. The molecule has 29 heavy (non-hydrogen) atoms.